The van der Waals surface area contributed by atoms with Gasteiger partial charge in [0.2, 0.25) is 0 Å². The van der Waals surface area contributed by atoms with Crippen molar-refractivity contribution >= 4 is 6.09 Å². The fourth-order valence-corrected chi connectivity index (χ4v) is 1.67. The van der Waals surface area contributed by atoms with Crippen LogP contribution in [0.4, 0.5) is 9.18 Å². The van der Waals surface area contributed by atoms with Gasteiger partial charge in [-0.05, 0) is 49.4 Å². The quantitative estimate of drug-likeness (QED) is 0.884. The smallest absolute Gasteiger partial charge is 0.407 e. The van der Waals surface area contributed by atoms with Crippen molar-refractivity contribution in [3.63, 3.8) is 0 Å². The van der Waals surface area contributed by atoms with Crippen molar-refractivity contribution in [3.05, 3.63) is 35.1 Å². The maximum absolute atomic E-state index is 13.6. The number of carbonyl (C=O) groups excluding carboxylic acids is 1. The minimum Gasteiger partial charge on any atom is -0.444 e. The Labute approximate surface area is 120 Å². The molecule has 3 nitrogen and oxygen atoms in total. The van der Waals surface area contributed by atoms with E-state index in [4.69, 9.17) is 4.74 Å². The number of halogens is 1. The van der Waals surface area contributed by atoms with Crippen LogP contribution in [0.15, 0.2) is 18.2 Å². The van der Waals surface area contributed by atoms with Crippen molar-refractivity contribution in [2.24, 2.45) is 0 Å². The first-order valence-corrected chi connectivity index (χ1v) is 6.74. The molecule has 1 amide bonds. The van der Waals surface area contributed by atoms with Crippen molar-refractivity contribution in [1.29, 1.82) is 0 Å². The Balaban J connectivity index is 2.74. The Morgan fingerprint density at radius 1 is 1.15 bits per heavy atom. The van der Waals surface area contributed by atoms with E-state index in [1.165, 1.54) is 12.1 Å². The van der Waals surface area contributed by atoms with Crippen LogP contribution in [0.2, 0.25) is 0 Å². The maximum Gasteiger partial charge on any atom is 0.407 e. The van der Waals surface area contributed by atoms with Crippen molar-refractivity contribution in [3.8, 4) is 0 Å². The molecule has 20 heavy (non-hydrogen) atoms. The second-order valence-corrected chi connectivity index (χ2v) is 6.95. The molecule has 1 aromatic carbocycles. The highest BCUT2D eigenvalue weighted by molar-refractivity contribution is 5.67. The lowest BCUT2D eigenvalue weighted by atomic mass is 9.86. The summed E-state index contributed by atoms with van der Waals surface area (Å²) in [6.45, 7) is 11.7. The zero-order chi connectivity index (χ0) is 15.6. The van der Waals surface area contributed by atoms with Gasteiger partial charge in [0.05, 0.1) is 0 Å². The number of benzene rings is 1. The van der Waals surface area contributed by atoms with Crippen LogP contribution < -0.4 is 5.32 Å². The van der Waals surface area contributed by atoms with Crippen molar-refractivity contribution in [2.75, 3.05) is 0 Å². The summed E-state index contributed by atoms with van der Waals surface area (Å²) >= 11 is 0. The van der Waals surface area contributed by atoms with E-state index >= 15 is 0 Å². The fourth-order valence-electron chi connectivity index (χ4n) is 1.67. The SMILES string of the molecule is CC(C)(C)OC(=O)NCc1cc(F)cc(C(C)(C)C)c1. The van der Waals surface area contributed by atoms with Gasteiger partial charge in [-0.15, -0.1) is 0 Å². The number of amides is 1. The number of hydrogen-bond donors (Lipinski definition) is 1. The van der Waals surface area contributed by atoms with Gasteiger partial charge in [-0.3, -0.25) is 0 Å². The predicted molar refractivity (Wildman–Crippen MR) is 78.2 cm³/mol. The molecule has 0 unspecified atom stereocenters. The molecule has 0 fully saturated rings. The topological polar surface area (TPSA) is 38.3 Å². The predicted octanol–water partition coefficient (Wildman–Crippen LogP) is 4.15. The van der Waals surface area contributed by atoms with Gasteiger partial charge >= 0.3 is 6.09 Å². The monoisotopic (exact) mass is 281 g/mol. The van der Waals surface area contributed by atoms with Crippen molar-refractivity contribution < 1.29 is 13.9 Å². The van der Waals surface area contributed by atoms with Crippen LogP contribution in [0.3, 0.4) is 0 Å². The summed E-state index contributed by atoms with van der Waals surface area (Å²) in [4.78, 5) is 11.6. The minimum atomic E-state index is -0.539. The van der Waals surface area contributed by atoms with Gasteiger partial charge in [-0.25, -0.2) is 9.18 Å². The molecule has 0 aliphatic heterocycles. The van der Waals surface area contributed by atoms with Crippen LogP contribution in [0.1, 0.15) is 52.7 Å². The number of carbonyl (C=O) groups is 1. The average molecular weight is 281 g/mol. The summed E-state index contributed by atoms with van der Waals surface area (Å²) in [5.41, 5.74) is 0.949. The van der Waals surface area contributed by atoms with E-state index in [1.54, 1.807) is 20.8 Å². The zero-order valence-corrected chi connectivity index (χ0v) is 13.1. The van der Waals surface area contributed by atoms with Gasteiger partial charge in [0.1, 0.15) is 11.4 Å². The normalized spacial score (nSPS) is 12.2. The first-order valence-electron chi connectivity index (χ1n) is 6.74. The Morgan fingerprint density at radius 2 is 1.75 bits per heavy atom. The molecule has 0 aromatic heterocycles. The van der Waals surface area contributed by atoms with Gasteiger partial charge < -0.3 is 10.1 Å². The van der Waals surface area contributed by atoms with E-state index in [2.05, 4.69) is 5.32 Å². The summed E-state index contributed by atoms with van der Waals surface area (Å²) in [5.74, 6) is -0.293. The third kappa shape index (κ3) is 5.59. The Morgan fingerprint density at radius 3 is 2.25 bits per heavy atom. The van der Waals surface area contributed by atoms with Crippen LogP contribution in [0, 0.1) is 5.82 Å². The standard InChI is InChI=1S/C16H24FNO2/c1-15(2,3)12-7-11(8-13(17)9-12)10-18-14(19)20-16(4,5)6/h7-9H,10H2,1-6H3,(H,18,19). The molecule has 1 aromatic rings. The molecule has 0 bridgehead atoms. The number of alkyl carbamates (subject to hydrolysis) is 1. The average Bonchev–Trinajstić information content (AvgIpc) is 2.22. The number of rotatable bonds is 2. The summed E-state index contributed by atoms with van der Waals surface area (Å²) in [6.07, 6.45) is -0.501. The summed E-state index contributed by atoms with van der Waals surface area (Å²) in [7, 11) is 0. The van der Waals surface area contributed by atoms with E-state index in [0.717, 1.165) is 11.1 Å². The van der Waals surface area contributed by atoms with Gasteiger partial charge in [-0.2, -0.15) is 0 Å². The number of ether oxygens (including phenoxy) is 1. The van der Waals surface area contributed by atoms with E-state index < -0.39 is 11.7 Å². The molecule has 0 atom stereocenters. The van der Waals surface area contributed by atoms with E-state index in [1.807, 2.05) is 26.8 Å². The molecule has 4 heteroatoms. The summed E-state index contributed by atoms with van der Waals surface area (Å²) < 4.78 is 18.8. The second-order valence-electron chi connectivity index (χ2n) is 6.95. The molecule has 0 aliphatic rings. The molecule has 0 aliphatic carbocycles. The van der Waals surface area contributed by atoms with Crippen LogP contribution in [0.25, 0.3) is 0 Å². The second kappa shape index (κ2) is 5.81. The number of nitrogens with one attached hydrogen (secondary N) is 1. The molecule has 0 heterocycles. The van der Waals surface area contributed by atoms with Gasteiger partial charge in [0, 0.05) is 6.54 Å². The van der Waals surface area contributed by atoms with E-state index in [9.17, 15) is 9.18 Å². The first-order chi connectivity index (χ1) is 8.97. The molecule has 1 rings (SSSR count). The molecule has 1 N–H and O–H groups in total. The van der Waals surface area contributed by atoms with Crippen LogP contribution >= 0.6 is 0 Å². The van der Waals surface area contributed by atoms with Gasteiger partial charge in [0.15, 0.2) is 0 Å². The van der Waals surface area contributed by atoms with Gasteiger partial charge in [-0.1, -0.05) is 26.8 Å². The van der Waals surface area contributed by atoms with Crippen LogP contribution in [0.5, 0.6) is 0 Å². The highest BCUT2D eigenvalue weighted by atomic mass is 19.1. The number of hydrogen-bond acceptors (Lipinski definition) is 2. The third-order valence-electron chi connectivity index (χ3n) is 2.66. The molecule has 0 spiro atoms. The molecule has 112 valence electrons. The van der Waals surface area contributed by atoms with E-state index in [-0.39, 0.29) is 17.8 Å². The lowest BCUT2D eigenvalue weighted by Gasteiger charge is -2.21. The maximum atomic E-state index is 13.6. The fraction of sp³-hybridized carbons (Fsp3) is 0.562. The first kappa shape index (κ1) is 16.5. The highest BCUT2D eigenvalue weighted by Crippen LogP contribution is 2.24. The van der Waals surface area contributed by atoms with Gasteiger partial charge in [0.25, 0.3) is 0 Å². The molecular formula is C16H24FNO2. The van der Waals surface area contributed by atoms with Crippen LogP contribution in [-0.4, -0.2) is 11.7 Å². The molecule has 0 saturated carbocycles. The van der Waals surface area contributed by atoms with Crippen molar-refractivity contribution in [1.82, 2.24) is 5.32 Å². The zero-order valence-electron chi connectivity index (χ0n) is 13.1. The third-order valence-corrected chi connectivity index (χ3v) is 2.66. The van der Waals surface area contributed by atoms with Crippen molar-refractivity contribution in [2.45, 2.75) is 59.1 Å². The lowest BCUT2D eigenvalue weighted by molar-refractivity contribution is 0.0523. The Hall–Kier alpha value is -1.58. The van der Waals surface area contributed by atoms with Crippen LogP contribution in [-0.2, 0) is 16.7 Å². The Kier molecular flexibility index (Phi) is 4.79. The molecular weight excluding hydrogens is 257 g/mol. The molecule has 0 radical (unpaired) electrons. The lowest BCUT2D eigenvalue weighted by Crippen LogP contribution is -2.32. The Bertz CT molecular complexity index is 484. The minimum absolute atomic E-state index is 0.136. The highest BCUT2D eigenvalue weighted by Gasteiger charge is 2.17. The molecule has 0 saturated heterocycles. The summed E-state index contributed by atoms with van der Waals surface area (Å²) in [6, 6.07) is 4.85. The van der Waals surface area contributed by atoms with E-state index in [0.29, 0.717) is 0 Å². The largest absolute Gasteiger partial charge is 0.444 e. The summed E-state index contributed by atoms with van der Waals surface area (Å²) in [5, 5.41) is 2.63.